The number of benzene rings is 1. The highest BCUT2D eigenvalue weighted by Crippen LogP contribution is 2.19. The van der Waals surface area contributed by atoms with Gasteiger partial charge in [-0.3, -0.25) is 0 Å². The summed E-state index contributed by atoms with van der Waals surface area (Å²) in [4.78, 5) is 0. The smallest absolute Gasteiger partial charge is 0.377 e. The maximum Gasteiger partial charge on any atom is 0.500 e. The topological polar surface area (TPSA) is 65.7 Å². The van der Waals surface area contributed by atoms with Gasteiger partial charge in [0.1, 0.15) is 0 Å². The molecule has 0 aliphatic carbocycles. The number of hydrogen-bond acceptors (Lipinski definition) is 5. The molecule has 5 nitrogen and oxygen atoms in total. The minimum Gasteiger partial charge on any atom is -0.377 e. The van der Waals surface area contributed by atoms with Gasteiger partial charge in [-0.2, -0.15) is 0 Å². The van der Waals surface area contributed by atoms with E-state index in [4.69, 9.17) is 19.0 Å². The zero-order chi connectivity index (χ0) is 17.0. The van der Waals surface area contributed by atoms with Gasteiger partial charge < -0.3 is 24.3 Å². The summed E-state index contributed by atoms with van der Waals surface area (Å²) in [6, 6.07) is 11.0. The van der Waals surface area contributed by atoms with Crippen molar-refractivity contribution in [2.24, 2.45) is 5.73 Å². The quantitative estimate of drug-likeness (QED) is 0.328. The minimum absolute atomic E-state index is 0.0948. The van der Waals surface area contributed by atoms with Crippen LogP contribution < -0.4 is 11.1 Å². The van der Waals surface area contributed by atoms with Crippen molar-refractivity contribution in [1.29, 1.82) is 0 Å². The van der Waals surface area contributed by atoms with E-state index >= 15 is 0 Å². The van der Waals surface area contributed by atoms with Gasteiger partial charge in [-0.1, -0.05) is 36.4 Å². The van der Waals surface area contributed by atoms with Gasteiger partial charge in [-0.15, -0.1) is 6.58 Å². The molecule has 6 heteroatoms. The van der Waals surface area contributed by atoms with Crippen LogP contribution in [0.3, 0.4) is 0 Å². The molecule has 0 radical (unpaired) electrons. The van der Waals surface area contributed by atoms with Crippen LogP contribution in [-0.4, -0.2) is 42.2 Å². The number of nitrogens with two attached hydrogens (primary N) is 1. The van der Waals surface area contributed by atoms with Crippen LogP contribution in [0.25, 0.3) is 0 Å². The van der Waals surface area contributed by atoms with Gasteiger partial charge in [-0.25, -0.2) is 0 Å². The second-order valence-electron chi connectivity index (χ2n) is 5.33. The van der Waals surface area contributed by atoms with E-state index in [0.29, 0.717) is 6.54 Å². The zero-order valence-corrected chi connectivity index (χ0v) is 15.3. The fraction of sp³-hybridized carbons (Fsp3) is 0.529. The molecule has 0 fully saturated rings. The Hall–Kier alpha value is -1.02. The van der Waals surface area contributed by atoms with E-state index in [0.717, 1.165) is 32.0 Å². The second-order valence-corrected chi connectivity index (χ2v) is 8.24. The summed E-state index contributed by atoms with van der Waals surface area (Å²) in [5, 5.41) is 3.42. The highest BCUT2D eigenvalue weighted by atomic mass is 28.4. The lowest BCUT2D eigenvalue weighted by Crippen LogP contribution is -2.47. The molecule has 0 aliphatic heterocycles. The molecule has 0 saturated carbocycles. The molecular formula is C17H30N2O3Si. The fourth-order valence-electron chi connectivity index (χ4n) is 2.29. The summed E-state index contributed by atoms with van der Waals surface area (Å²) >= 11 is 0. The van der Waals surface area contributed by atoms with Crippen LogP contribution in [0.4, 0.5) is 0 Å². The van der Waals surface area contributed by atoms with Crippen molar-refractivity contribution in [3.63, 3.8) is 0 Å². The minimum atomic E-state index is -2.65. The predicted octanol–water partition coefficient (Wildman–Crippen LogP) is 2.32. The molecule has 1 unspecified atom stereocenters. The summed E-state index contributed by atoms with van der Waals surface area (Å²) in [7, 11) is 0.626. The summed E-state index contributed by atoms with van der Waals surface area (Å²) in [5.74, 6) is 0. The number of rotatable bonds is 13. The Kier molecular flexibility index (Phi) is 10.0. The van der Waals surface area contributed by atoms with E-state index in [1.54, 1.807) is 14.2 Å². The Morgan fingerprint density at radius 1 is 1.26 bits per heavy atom. The molecule has 1 aromatic rings. The highest BCUT2D eigenvalue weighted by molar-refractivity contribution is 6.60. The van der Waals surface area contributed by atoms with Gasteiger partial charge in [0.2, 0.25) is 0 Å². The zero-order valence-electron chi connectivity index (χ0n) is 14.3. The monoisotopic (exact) mass is 338 g/mol. The van der Waals surface area contributed by atoms with Crippen molar-refractivity contribution in [2.45, 2.75) is 31.5 Å². The van der Waals surface area contributed by atoms with Crippen LogP contribution >= 0.6 is 0 Å². The van der Waals surface area contributed by atoms with Gasteiger partial charge >= 0.3 is 8.80 Å². The summed E-state index contributed by atoms with van der Waals surface area (Å²) < 4.78 is 17.3. The van der Waals surface area contributed by atoms with E-state index in [9.17, 15) is 0 Å². The van der Waals surface area contributed by atoms with E-state index in [1.165, 1.54) is 5.56 Å². The molecule has 3 N–H and O–H groups in total. The fourth-order valence-corrected chi connectivity index (χ4v) is 4.49. The Morgan fingerprint density at radius 2 is 1.96 bits per heavy atom. The third kappa shape index (κ3) is 7.39. The van der Waals surface area contributed by atoms with Gasteiger partial charge in [0.15, 0.2) is 0 Å². The molecule has 0 aromatic heterocycles. The van der Waals surface area contributed by atoms with Crippen LogP contribution in [0.5, 0.6) is 0 Å². The molecule has 23 heavy (non-hydrogen) atoms. The van der Waals surface area contributed by atoms with E-state index < -0.39 is 8.80 Å². The normalized spacial score (nSPS) is 13.0. The van der Waals surface area contributed by atoms with Crippen LogP contribution in [0.15, 0.2) is 43.0 Å². The van der Waals surface area contributed by atoms with Crippen molar-refractivity contribution in [1.82, 2.24) is 5.32 Å². The van der Waals surface area contributed by atoms with Crippen LogP contribution in [0.2, 0.25) is 6.04 Å². The van der Waals surface area contributed by atoms with Gasteiger partial charge in [0, 0.05) is 26.8 Å². The predicted molar refractivity (Wildman–Crippen MR) is 96.1 cm³/mol. The molecule has 0 saturated heterocycles. The van der Waals surface area contributed by atoms with Crippen LogP contribution in [0, 0.1) is 0 Å². The lowest BCUT2D eigenvalue weighted by atomic mass is 10.2. The summed E-state index contributed by atoms with van der Waals surface area (Å²) in [5.41, 5.74) is 6.85. The first-order chi connectivity index (χ1) is 11.2. The van der Waals surface area contributed by atoms with Crippen LogP contribution in [-0.2, 0) is 19.8 Å². The molecular weight excluding hydrogens is 308 g/mol. The van der Waals surface area contributed by atoms with E-state index in [2.05, 4.69) is 24.0 Å². The molecule has 1 atom stereocenters. The second kappa shape index (κ2) is 11.5. The maximum absolute atomic E-state index is 6.12. The molecule has 0 bridgehead atoms. The Morgan fingerprint density at radius 3 is 2.52 bits per heavy atom. The van der Waals surface area contributed by atoms with Gasteiger partial charge in [-0.05, 0) is 31.5 Å². The molecule has 0 amide bonds. The van der Waals surface area contributed by atoms with Crippen molar-refractivity contribution in [3.05, 3.63) is 48.6 Å². The van der Waals surface area contributed by atoms with E-state index in [-0.39, 0.29) is 6.10 Å². The molecule has 0 spiro atoms. The van der Waals surface area contributed by atoms with Crippen LogP contribution in [0.1, 0.15) is 18.4 Å². The number of hydrogen-bond donors (Lipinski definition) is 2. The Labute approximate surface area is 141 Å². The molecule has 0 heterocycles. The standard InChI is InChI=1S/C17H30N2O3Si/c1-4-17(22-23(20-2,21-3)14-8-12-18)11-13-19-15-16-9-6-5-7-10-16/h4-7,9-10,17,19H,1,8,11-15,18H2,2-3H3. The van der Waals surface area contributed by atoms with Gasteiger partial charge in [0.25, 0.3) is 0 Å². The highest BCUT2D eigenvalue weighted by Gasteiger charge is 2.40. The Balaban J connectivity index is 2.41. The third-order valence-corrected chi connectivity index (χ3v) is 6.55. The first-order valence-electron chi connectivity index (χ1n) is 8.05. The van der Waals surface area contributed by atoms with Crippen molar-refractivity contribution in [3.8, 4) is 0 Å². The maximum atomic E-state index is 6.12. The molecule has 0 aliphatic rings. The van der Waals surface area contributed by atoms with Gasteiger partial charge in [0.05, 0.1) is 6.10 Å². The lowest BCUT2D eigenvalue weighted by Gasteiger charge is -2.30. The summed E-state index contributed by atoms with van der Waals surface area (Å²) in [6.07, 6.45) is 3.36. The van der Waals surface area contributed by atoms with Crippen molar-refractivity contribution < 1.29 is 13.3 Å². The average molecular weight is 339 g/mol. The lowest BCUT2D eigenvalue weighted by molar-refractivity contribution is 0.0701. The average Bonchev–Trinajstić information content (AvgIpc) is 2.61. The SMILES string of the molecule is C=CC(CCNCc1ccccc1)O[Si](CCCN)(OC)OC. The first-order valence-corrected chi connectivity index (χ1v) is 9.98. The first kappa shape index (κ1) is 20.0. The molecule has 130 valence electrons. The van der Waals surface area contributed by atoms with E-state index in [1.807, 2.05) is 24.3 Å². The number of nitrogens with one attached hydrogen (secondary N) is 1. The molecule has 1 aromatic carbocycles. The molecule has 1 rings (SSSR count). The third-order valence-electron chi connectivity index (χ3n) is 3.68. The van der Waals surface area contributed by atoms with Crippen molar-refractivity contribution in [2.75, 3.05) is 27.3 Å². The summed E-state index contributed by atoms with van der Waals surface area (Å²) in [6.45, 7) is 6.14. The largest absolute Gasteiger partial charge is 0.500 e. The van der Waals surface area contributed by atoms with Crippen molar-refractivity contribution >= 4 is 8.80 Å². The Bertz CT molecular complexity index is 427.